The number of aryl methyl sites for hydroxylation is 1. The van der Waals surface area contributed by atoms with Gasteiger partial charge in [-0.2, -0.15) is 11.8 Å². The van der Waals surface area contributed by atoms with E-state index in [4.69, 9.17) is 0 Å². The Kier molecular flexibility index (Phi) is 4.72. The fraction of sp³-hybridized carbons (Fsp3) is 0.750. The lowest BCUT2D eigenvalue weighted by molar-refractivity contribution is 0.571. The van der Waals surface area contributed by atoms with Crippen LogP contribution < -0.4 is 5.32 Å². The van der Waals surface area contributed by atoms with E-state index >= 15 is 0 Å². The summed E-state index contributed by atoms with van der Waals surface area (Å²) in [6.45, 7) is 5.19. The average molecular weight is 239 g/mol. The molecule has 2 heterocycles. The highest BCUT2D eigenvalue weighted by Crippen LogP contribution is 2.24. The predicted octanol–water partition coefficient (Wildman–Crippen LogP) is 2.28. The van der Waals surface area contributed by atoms with E-state index in [9.17, 15) is 0 Å². The van der Waals surface area contributed by atoms with E-state index in [0.717, 1.165) is 30.7 Å². The number of nitrogens with zero attached hydrogens (tertiary/aromatic N) is 2. The van der Waals surface area contributed by atoms with Crippen LogP contribution in [0.3, 0.4) is 0 Å². The first kappa shape index (κ1) is 12.0. The second-order valence-electron chi connectivity index (χ2n) is 4.25. The SMILES string of the molecule is CCn1ccnc1CNCC1CCCCS1. The van der Waals surface area contributed by atoms with Gasteiger partial charge in [0.05, 0.1) is 6.54 Å². The second-order valence-corrected chi connectivity index (χ2v) is 5.66. The van der Waals surface area contributed by atoms with Crippen LogP contribution in [0.5, 0.6) is 0 Å². The van der Waals surface area contributed by atoms with Crippen molar-refractivity contribution in [3.63, 3.8) is 0 Å². The third-order valence-electron chi connectivity index (χ3n) is 3.07. The van der Waals surface area contributed by atoms with Gasteiger partial charge < -0.3 is 9.88 Å². The minimum atomic E-state index is 0.818. The van der Waals surface area contributed by atoms with Gasteiger partial charge in [-0.3, -0.25) is 0 Å². The van der Waals surface area contributed by atoms with Gasteiger partial charge in [-0.05, 0) is 25.5 Å². The third kappa shape index (κ3) is 3.25. The largest absolute Gasteiger partial charge is 0.334 e. The minimum Gasteiger partial charge on any atom is -0.334 e. The number of imidazole rings is 1. The van der Waals surface area contributed by atoms with Gasteiger partial charge in [-0.1, -0.05) is 6.42 Å². The molecule has 4 heteroatoms. The summed E-state index contributed by atoms with van der Waals surface area (Å²) in [6.07, 6.45) is 8.12. The van der Waals surface area contributed by atoms with E-state index in [1.54, 1.807) is 0 Å². The smallest absolute Gasteiger partial charge is 0.122 e. The Morgan fingerprint density at radius 2 is 2.50 bits per heavy atom. The Morgan fingerprint density at radius 1 is 1.56 bits per heavy atom. The highest BCUT2D eigenvalue weighted by molar-refractivity contribution is 7.99. The topological polar surface area (TPSA) is 29.9 Å². The maximum Gasteiger partial charge on any atom is 0.122 e. The van der Waals surface area contributed by atoms with E-state index in [1.807, 2.05) is 12.4 Å². The van der Waals surface area contributed by atoms with Crippen LogP contribution in [-0.4, -0.2) is 27.1 Å². The quantitative estimate of drug-likeness (QED) is 0.855. The molecule has 1 aliphatic rings. The molecule has 1 unspecified atom stereocenters. The summed E-state index contributed by atoms with van der Waals surface area (Å²) in [4.78, 5) is 4.36. The first-order valence-electron chi connectivity index (χ1n) is 6.22. The highest BCUT2D eigenvalue weighted by Gasteiger charge is 2.13. The Labute approximate surface area is 102 Å². The molecule has 2 rings (SSSR count). The third-order valence-corrected chi connectivity index (χ3v) is 4.47. The van der Waals surface area contributed by atoms with Crippen molar-refractivity contribution in [2.45, 2.75) is 44.5 Å². The van der Waals surface area contributed by atoms with Crippen LogP contribution in [0, 0.1) is 0 Å². The minimum absolute atomic E-state index is 0.818. The van der Waals surface area contributed by atoms with Crippen LogP contribution >= 0.6 is 11.8 Å². The molecule has 0 spiro atoms. The molecule has 90 valence electrons. The van der Waals surface area contributed by atoms with Gasteiger partial charge in [0.15, 0.2) is 0 Å². The molecular weight excluding hydrogens is 218 g/mol. The van der Waals surface area contributed by atoms with E-state index in [-0.39, 0.29) is 0 Å². The Hall–Kier alpha value is -0.480. The monoisotopic (exact) mass is 239 g/mol. The summed E-state index contributed by atoms with van der Waals surface area (Å²) in [5.74, 6) is 2.50. The average Bonchev–Trinajstić information content (AvgIpc) is 2.78. The summed E-state index contributed by atoms with van der Waals surface area (Å²) >= 11 is 2.12. The Balaban J connectivity index is 1.71. The number of nitrogens with one attached hydrogen (secondary N) is 1. The molecular formula is C12H21N3S. The molecule has 1 aliphatic heterocycles. The lowest BCUT2D eigenvalue weighted by Gasteiger charge is -2.21. The maximum absolute atomic E-state index is 4.36. The Bertz CT molecular complexity index is 305. The van der Waals surface area contributed by atoms with E-state index in [2.05, 4.69) is 33.6 Å². The molecule has 1 saturated heterocycles. The van der Waals surface area contributed by atoms with Crippen molar-refractivity contribution in [3.05, 3.63) is 18.2 Å². The molecule has 0 saturated carbocycles. The zero-order valence-electron chi connectivity index (χ0n) is 9.98. The zero-order valence-corrected chi connectivity index (χ0v) is 10.8. The number of rotatable bonds is 5. The van der Waals surface area contributed by atoms with Gasteiger partial charge in [0.1, 0.15) is 5.82 Å². The summed E-state index contributed by atoms with van der Waals surface area (Å²) in [5, 5.41) is 4.35. The van der Waals surface area contributed by atoms with Crippen molar-refractivity contribution >= 4 is 11.8 Å². The molecule has 1 atom stereocenters. The van der Waals surface area contributed by atoms with Gasteiger partial charge >= 0.3 is 0 Å². The summed E-state index contributed by atoms with van der Waals surface area (Å²) in [5.41, 5.74) is 0. The van der Waals surface area contributed by atoms with Gasteiger partial charge in [0.2, 0.25) is 0 Å². The highest BCUT2D eigenvalue weighted by atomic mass is 32.2. The summed E-state index contributed by atoms with van der Waals surface area (Å²) in [6, 6.07) is 0. The van der Waals surface area contributed by atoms with Crippen molar-refractivity contribution < 1.29 is 0 Å². The van der Waals surface area contributed by atoms with E-state index in [1.165, 1.54) is 25.0 Å². The van der Waals surface area contributed by atoms with Crippen molar-refractivity contribution in [2.75, 3.05) is 12.3 Å². The van der Waals surface area contributed by atoms with Crippen molar-refractivity contribution in [3.8, 4) is 0 Å². The number of hydrogen-bond acceptors (Lipinski definition) is 3. The molecule has 0 aromatic carbocycles. The van der Waals surface area contributed by atoms with E-state index in [0.29, 0.717) is 0 Å². The van der Waals surface area contributed by atoms with Gasteiger partial charge in [-0.25, -0.2) is 4.98 Å². The molecule has 1 aromatic heterocycles. The van der Waals surface area contributed by atoms with Gasteiger partial charge in [0.25, 0.3) is 0 Å². The van der Waals surface area contributed by atoms with Gasteiger partial charge in [0, 0.05) is 30.7 Å². The number of thioether (sulfide) groups is 1. The molecule has 0 bridgehead atoms. The maximum atomic E-state index is 4.36. The number of hydrogen-bond donors (Lipinski definition) is 1. The normalized spacial score (nSPS) is 21.2. The summed E-state index contributed by atoms with van der Waals surface area (Å²) in [7, 11) is 0. The molecule has 0 radical (unpaired) electrons. The molecule has 0 amide bonds. The lowest BCUT2D eigenvalue weighted by Crippen LogP contribution is -2.27. The predicted molar refractivity (Wildman–Crippen MR) is 69.7 cm³/mol. The second kappa shape index (κ2) is 6.30. The summed E-state index contributed by atoms with van der Waals surface area (Å²) < 4.78 is 2.20. The first-order valence-corrected chi connectivity index (χ1v) is 7.27. The molecule has 16 heavy (non-hydrogen) atoms. The van der Waals surface area contributed by atoms with Crippen molar-refractivity contribution in [2.24, 2.45) is 0 Å². The fourth-order valence-corrected chi connectivity index (χ4v) is 3.38. The van der Waals surface area contributed by atoms with E-state index < -0.39 is 0 Å². The van der Waals surface area contributed by atoms with Crippen LogP contribution in [0.2, 0.25) is 0 Å². The van der Waals surface area contributed by atoms with Crippen LogP contribution in [0.1, 0.15) is 32.0 Å². The first-order chi connectivity index (χ1) is 7.90. The molecule has 1 fully saturated rings. The zero-order chi connectivity index (χ0) is 11.2. The van der Waals surface area contributed by atoms with Crippen molar-refractivity contribution in [1.82, 2.24) is 14.9 Å². The van der Waals surface area contributed by atoms with Crippen molar-refractivity contribution in [1.29, 1.82) is 0 Å². The Morgan fingerprint density at radius 3 is 3.25 bits per heavy atom. The van der Waals surface area contributed by atoms with Crippen LogP contribution in [0.15, 0.2) is 12.4 Å². The van der Waals surface area contributed by atoms with Crippen LogP contribution in [0.25, 0.3) is 0 Å². The van der Waals surface area contributed by atoms with Crippen LogP contribution in [-0.2, 0) is 13.1 Å². The molecule has 0 aliphatic carbocycles. The number of aromatic nitrogens is 2. The fourth-order valence-electron chi connectivity index (χ4n) is 2.11. The molecule has 1 N–H and O–H groups in total. The van der Waals surface area contributed by atoms with Gasteiger partial charge in [-0.15, -0.1) is 0 Å². The molecule has 3 nitrogen and oxygen atoms in total. The van der Waals surface area contributed by atoms with Crippen LogP contribution in [0.4, 0.5) is 0 Å². The standard InChI is InChI=1S/C12H21N3S/c1-2-15-7-6-14-12(15)10-13-9-11-5-3-4-8-16-11/h6-7,11,13H,2-5,8-10H2,1H3. The molecule has 1 aromatic rings. The lowest BCUT2D eigenvalue weighted by atomic mass is 10.2.